The second-order valence-corrected chi connectivity index (χ2v) is 9.06. The van der Waals surface area contributed by atoms with E-state index in [4.69, 9.17) is 18.9 Å². The number of methoxy groups -OCH3 is 1. The maximum atomic E-state index is 6.42. The summed E-state index contributed by atoms with van der Waals surface area (Å²) < 4.78 is 24.1. The first-order valence-corrected chi connectivity index (χ1v) is 10.2. The smallest absolute Gasteiger partial charge is 0.146 e. The fourth-order valence-electron chi connectivity index (χ4n) is 6.29. The van der Waals surface area contributed by atoms with Crippen molar-refractivity contribution in [3.8, 4) is 0 Å². The Morgan fingerprint density at radius 2 is 2.08 bits per heavy atom. The lowest BCUT2D eigenvalue weighted by Gasteiger charge is -2.44. The Bertz CT molecular complexity index is 625. The summed E-state index contributed by atoms with van der Waals surface area (Å²) in [6.45, 7) is 1.75. The third-order valence-corrected chi connectivity index (χ3v) is 8.21. The minimum Gasteiger partial charge on any atom is -0.376 e. The molecule has 8 atom stereocenters. The van der Waals surface area contributed by atoms with Gasteiger partial charge in [-0.15, -0.1) is 0 Å². The third kappa shape index (κ3) is 2.32. The van der Waals surface area contributed by atoms with Gasteiger partial charge in [0.25, 0.3) is 0 Å². The Labute approximate surface area is 157 Å². The molecule has 1 aromatic carbocycles. The molecule has 3 saturated carbocycles. The molecule has 5 heteroatoms. The molecule has 1 aliphatic heterocycles. The number of fused-ring (bicyclic) bond motifs is 2. The van der Waals surface area contributed by atoms with Crippen molar-refractivity contribution in [2.75, 3.05) is 20.5 Å². The zero-order valence-corrected chi connectivity index (χ0v) is 16.1. The van der Waals surface area contributed by atoms with Gasteiger partial charge in [0.15, 0.2) is 0 Å². The largest absolute Gasteiger partial charge is 0.376 e. The van der Waals surface area contributed by atoms with E-state index in [1.807, 2.05) is 6.07 Å². The van der Waals surface area contributed by atoms with Crippen LogP contribution in [0.1, 0.15) is 18.4 Å². The lowest BCUT2D eigenvalue weighted by atomic mass is 9.67. The average molecular weight is 409 g/mol. The maximum absolute atomic E-state index is 6.42. The summed E-state index contributed by atoms with van der Waals surface area (Å²) in [6.07, 6.45) is 3.10. The van der Waals surface area contributed by atoms with Gasteiger partial charge >= 0.3 is 0 Å². The zero-order chi connectivity index (χ0) is 17.0. The number of halogens is 1. The van der Waals surface area contributed by atoms with Crippen LogP contribution >= 0.6 is 15.9 Å². The van der Waals surface area contributed by atoms with Crippen molar-refractivity contribution in [3.05, 3.63) is 35.9 Å². The van der Waals surface area contributed by atoms with Gasteiger partial charge < -0.3 is 18.9 Å². The summed E-state index contributed by atoms with van der Waals surface area (Å²) in [7, 11) is 1.69. The van der Waals surface area contributed by atoms with Crippen LogP contribution in [0, 0.1) is 23.2 Å². The molecule has 25 heavy (non-hydrogen) atoms. The summed E-state index contributed by atoms with van der Waals surface area (Å²) in [5, 5.41) is 0. The number of alkyl halides is 1. The van der Waals surface area contributed by atoms with Crippen molar-refractivity contribution in [2.45, 2.75) is 42.6 Å². The van der Waals surface area contributed by atoms with E-state index in [-0.39, 0.29) is 11.5 Å². The molecular formula is C20H25BrO4. The molecule has 0 aromatic heterocycles. The monoisotopic (exact) mass is 408 g/mol. The van der Waals surface area contributed by atoms with Crippen molar-refractivity contribution >= 4 is 15.9 Å². The fraction of sp³-hybridized carbons (Fsp3) is 0.700. The summed E-state index contributed by atoms with van der Waals surface area (Å²) in [4.78, 5) is 0.424. The fourth-order valence-corrected chi connectivity index (χ4v) is 7.52. The van der Waals surface area contributed by atoms with Gasteiger partial charge in [-0.1, -0.05) is 46.3 Å². The third-order valence-electron chi connectivity index (χ3n) is 7.05. The standard InChI is InChI=1S/C20H25BrO4/c1-22-11-24-16-8-15-17-13-7-14(18(21)19(13)25-15)20(16,17)10-23-9-12-5-3-2-4-6-12/h2-6,13-19H,7-11H2,1H3/t13-,14-,15+,16+,17+,18+,19+,20-/m0/s1. The van der Waals surface area contributed by atoms with E-state index in [0.29, 0.717) is 48.2 Å². The van der Waals surface area contributed by atoms with Crippen molar-refractivity contribution in [1.29, 1.82) is 0 Å². The number of benzene rings is 1. The summed E-state index contributed by atoms with van der Waals surface area (Å²) >= 11 is 3.95. The van der Waals surface area contributed by atoms with Gasteiger partial charge in [-0.25, -0.2) is 0 Å². The van der Waals surface area contributed by atoms with Gasteiger partial charge in [-0.05, 0) is 23.8 Å². The molecule has 136 valence electrons. The molecule has 0 N–H and O–H groups in total. The predicted octanol–water partition coefficient (Wildman–Crippen LogP) is 3.38. The van der Waals surface area contributed by atoms with Crippen LogP contribution in [-0.2, 0) is 25.6 Å². The molecule has 5 rings (SSSR count). The van der Waals surface area contributed by atoms with E-state index in [0.717, 1.165) is 13.0 Å². The van der Waals surface area contributed by atoms with E-state index >= 15 is 0 Å². The second-order valence-electron chi connectivity index (χ2n) is 8.00. The number of rotatable bonds is 7. The highest BCUT2D eigenvalue weighted by atomic mass is 79.9. The van der Waals surface area contributed by atoms with E-state index in [1.54, 1.807) is 7.11 Å². The molecule has 4 aliphatic rings. The van der Waals surface area contributed by atoms with Gasteiger partial charge in [-0.2, -0.15) is 0 Å². The molecule has 4 fully saturated rings. The zero-order valence-electron chi connectivity index (χ0n) is 14.5. The van der Waals surface area contributed by atoms with E-state index in [2.05, 4.69) is 40.2 Å². The normalized spacial score (nSPS) is 46.2. The van der Waals surface area contributed by atoms with Crippen LogP contribution in [-0.4, -0.2) is 43.6 Å². The molecule has 0 amide bonds. The quantitative estimate of drug-likeness (QED) is 0.511. The van der Waals surface area contributed by atoms with E-state index < -0.39 is 0 Å². The van der Waals surface area contributed by atoms with Gasteiger partial charge in [-0.3, -0.25) is 0 Å². The minimum absolute atomic E-state index is 0.0593. The highest BCUT2D eigenvalue weighted by molar-refractivity contribution is 9.09. The summed E-state index contributed by atoms with van der Waals surface area (Å²) in [5.74, 6) is 1.81. The van der Waals surface area contributed by atoms with E-state index in [9.17, 15) is 0 Å². The van der Waals surface area contributed by atoms with Gasteiger partial charge in [0, 0.05) is 29.7 Å². The Morgan fingerprint density at radius 3 is 2.88 bits per heavy atom. The van der Waals surface area contributed by atoms with Crippen LogP contribution in [0.25, 0.3) is 0 Å². The maximum Gasteiger partial charge on any atom is 0.146 e. The van der Waals surface area contributed by atoms with Crippen molar-refractivity contribution in [3.63, 3.8) is 0 Å². The van der Waals surface area contributed by atoms with Crippen LogP contribution in [0.15, 0.2) is 30.3 Å². The van der Waals surface area contributed by atoms with Crippen LogP contribution in [0.5, 0.6) is 0 Å². The van der Waals surface area contributed by atoms with Crippen molar-refractivity contribution in [2.24, 2.45) is 23.2 Å². The molecular weight excluding hydrogens is 384 g/mol. The number of hydrogen-bond acceptors (Lipinski definition) is 4. The van der Waals surface area contributed by atoms with Gasteiger partial charge in [0.2, 0.25) is 0 Å². The highest BCUT2D eigenvalue weighted by Gasteiger charge is 2.77. The SMILES string of the molecule is COCO[C@@H]1C[C@H]2O[C@H]3[C@H](Br)[C@@H]4C[C@H]3[C@H]2[C@]14COCc1ccccc1. The second kappa shape index (κ2) is 6.31. The van der Waals surface area contributed by atoms with Gasteiger partial charge in [0.1, 0.15) is 6.79 Å². The van der Waals surface area contributed by atoms with Crippen LogP contribution < -0.4 is 0 Å². The topological polar surface area (TPSA) is 36.9 Å². The van der Waals surface area contributed by atoms with Crippen molar-refractivity contribution < 1.29 is 18.9 Å². The predicted molar refractivity (Wildman–Crippen MR) is 96.4 cm³/mol. The molecule has 0 spiro atoms. The van der Waals surface area contributed by atoms with E-state index in [1.165, 1.54) is 12.0 Å². The molecule has 0 radical (unpaired) electrons. The minimum atomic E-state index is 0.0593. The number of hydrogen-bond donors (Lipinski definition) is 0. The molecule has 1 aromatic rings. The number of ether oxygens (including phenoxy) is 4. The van der Waals surface area contributed by atoms with Crippen molar-refractivity contribution in [1.82, 2.24) is 0 Å². The molecule has 2 bridgehead atoms. The van der Waals surface area contributed by atoms with Gasteiger partial charge in [0.05, 0.1) is 31.5 Å². The van der Waals surface area contributed by atoms with Crippen LogP contribution in [0.3, 0.4) is 0 Å². The Kier molecular flexibility index (Phi) is 4.21. The Morgan fingerprint density at radius 1 is 1.24 bits per heavy atom. The lowest BCUT2D eigenvalue weighted by molar-refractivity contribution is -0.153. The van der Waals surface area contributed by atoms with Crippen LogP contribution in [0.4, 0.5) is 0 Å². The molecule has 4 nitrogen and oxygen atoms in total. The lowest BCUT2D eigenvalue weighted by Crippen LogP contribution is -2.51. The molecule has 1 saturated heterocycles. The molecule has 0 unspecified atom stereocenters. The first kappa shape index (κ1) is 16.7. The summed E-state index contributed by atoms with van der Waals surface area (Å²) in [6, 6.07) is 10.4. The molecule has 1 heterocycles. The highest BCUT2D eigenvalue weighted by Crippen LogP contribution is 2.72. The first-order valence-electron chi connectivity index (χ1n) is 9.27. The molecule has 3 aliphatic carbocycles. The Hall–Kier alpha value is -0.460. The average Bonchev–Trinajstić information content (AvgIpc) is 3.30. The first-order chi connectivity index (χ1) is 12.3. The van der Waals surface area contributed by atoms with Crippen LogP contribution in [0.2, 0.25) is 0 Å². The Balaban J connectivity index is 1.38. The summed E-state index contributed by atoms with van der Waals surface area (Å²) in [5.41, 5.74) is 1.28.